The fourth-order valence-electron chi connectivity index (χ4n) is 3.32. The second kappa shape index (κ2) is 10.1. The number of nitrogens with one attached hydrogen (secondary N) is 2. The van der Waals surface area contributed by atoms with Crippen LogP contribution in [0.1, 0.15) is 0 Å². The smallest absolute Gasteiger partial charge is 0.414 e. The van der Waals surface area contributed by atoms with Gasteiger partial charge in [0.25, 0.3) is 12.3 Å². The molecule has 1 aromatic carbocycles. The third-order valence-electron chi connectivity index (χ3n) is 4.87. The zero-order valence-corrected chi connectivity index (χ0v) is 17.2. The van der Waals surface area contributed by atoms with E-state index in [0.717, 1.165) is 0 Å². The number of thiocarbonyl (C=S) groups is 1. The van der Waals surface area contributed by atoms with Gasteiger partial charge in [0.15, 0.2) is 0 Å². The number of alkyl halides is 2. The number of carbonyl (C=O) groups excluding carboxylic acids is 2. The monoisotopic (exact) mass is 461 g/mol. The summed E-state index contributed by atoms with van der Waals surface area (Å²) in [6.07, 6.45) is -4.22. The number of anilines is 2. The number of cyclic esters (lactones) is 1. The molecule has 31 heavy (non-hydrogen) atoms. The minimum atomic E-state index is -2.80. The van der Waals surface area contributed by atoms with E-state index in [4.69, 9.17) is 9.84 Å². The molecule has 0 aromatic heterocycles. The van der Waals surface area contributed by atoms with Gasteiger partial charge in [-0.3, -0.25) is 14.7 Å². The highest BCUT2D eigenvalue weighted by Gasteiger charge is 2.33. The first-order chi connectivity index (χ1) is 14.8. The van der Waals surface area contributed by atoms with E-state index in [-0.39, 0.29) is 25.3 Å². The Morgan fingerprint density at radius 2 is 2.13 bits per heavy atom. The average Bonchev–Trinajstić information content (AvgIpc) is 2.95. The molecule has 13 heteroatoms. The number of carbonyl (C=O) groups is 2. The quantitative estimate of drug-likeness (QED) is 0.527. The Balaban J connectivity index is 1.63. The van der Waals surface area contributed by atoms with Gasteiger partial charge < -0.3 is 20.1 Å². The van der Waals surface area contributed by atoms with Gasteiger partial charge in [-0.1, -0.05) is 12.2 Å². The number of hydrogen-bond donors (Lipinski definition) is 3. The third-order valence-corrected chi connectivity index (χ3v) is 5.20. The van der Waals surface area contributed by atoms with Crippen molar-refractivity contribution in [2.45, 2.75) is 12.5 Å². The predicted molar refractivity (Wildman–Crippen MR) is 110 cm³/mol. The molecule has 9 nitrogen and oxygen atoms in total. The van der Waals surface area contributed by atoms with Crippen molar-refractivity contribution in [3.05, 3.63) is 24.0 Å². The molecule has 2 amide bonds. The van der Waals surface area contributed by atoms with Gasteiger partial charge in [0.05, 0.1) is 31.0 Å². The Morgan fingerprint density at radius 1 is 1.35 bits per heavy atom. The molecule has 0 radical (unpaired) electrons. The summed E-state index contributed by atoms with van der Waals surface area (Å²) >= 11 is 4.49. The van der Waals surface area contributed by atoms with Crippen LogP contribution in [0.2, 0.25) is 0 Å². The summed E-state index contributed by atoms with van der Waals surface area (Å²) in [5.74, 6) is -1.03. The first-order valence-corrected chi connectivity index (χ1v) is 9.94. The number of rotatable bonds is 6. The van der Waals surface area contributed by atoms with Crippen LogP contribution in [0.5, 0.6) is 0 Å². The standard InChI is InChI=1S/C18H22F3N5O4S/c19-13-7-11(25-9-12(30-18(25)29)8-22-17(31)16(20)21)1-2-14(13)24-4-3-23-26(6-5-24)15(28)10-27/h1-2,7,12,16,23,27H,3-6,8-10H2,(H,22,31)/t12-/m0/s1. The molecule has 0 unspecified atom stereocenters. The minimum Gasteiger partial charge on any atom is -0.442 e. The van der Waals surface area contributed by atoms with Crippen molar-refractivity contribution in [2.24, 2.45) is 0 Å². The number of amides is 2. The van der Waals surface area contributed by atoms with Crippen LogP contribution < -0.4 is 20.5 Å². The molecule has 1 atom stereocenters. The number of aliphatic hydroxyl groups is 1. The summed E-state index contributed by atoms with van der Waals surface area (Å²) in [7, 11) is 0. The summed E-state index contributed by atoms with van der Waals surface area (Å²) in [5.41, 5.74) is 3.45. The van der Waals surface area contributed by atoms with Crippen LogP contribution in [-0.2, 0) is 9.53 Å². The minimum absolute atomic E-state index is 0.0579. The van der Waals surface area contributed by atoms with E-state index in [1.807, 2.05) is 0 Å². The fourth-order valence-corrected chi connectivity index (χ4v) is 3.40. The van der Waals surface area contributed by atoms with Gasteiger partial charge in [0.1, 0.15) is 23.5 Å². The summed E-state index contributed by atoms with van der Waals surface area (Å²) in [6, 6.07) is 4.29. The Hall–Kier alpha value is -2.64. The van der Waals surface area contributed by atoms with Crippen molar-refractivity contribution in [1.29, 1.82) is 0 Å². The van der Waals surface area contributed by atoms with Crippen molar-refractivity contribution in [3.63, 3.8) is 0 Å². The Labute approximate surface area is 181 Å². The molecular weight excluding hydrogens is 439 g/mol. The molecule has 3 N–H and O–H groups in total. The first-order valence-electron chi connectivity index (χ1n) is 9.53. The Bertz CT molecular complexity index is 846. The number of benzene rings is 1. The molecule has 2 aliphatic rings. The number of hydrazine groups is 1. The molecule has 0 bridgehead atoms. The van der Waals surface area contributed by atoms with E-state index in [0.29, 0.717) is 25.3 Å². The van der Waals surface area contributed by atoms with Crippen LogP contribution in [0.3, 0.4) is 0 Å². The van der Waals surface area contributed by atoms with Gasteiger partial charge in [-0.05, 0) is 18.2 Å². The van der Waals surface area contributed by atoms with Crippen LogP contribution in [0.25, 0.3) is 0 Å². The van der Waals surface area contributed by atoms with Crippen LogP contribution in [0.15, 0.2) is 18.2 Å². The van der Waals surface area contributed by atoms with Crippen molar-refractivity contribution in [2.75, 3.05) is 55.7 Å². The SMILES string of the molecule is O=C(CO)N1CCN(c2ccc(N3C[C@H](CNC(=S)C(F)F)OC3=O)cc2F)CCN1. The maximum absolute atomic E-state index is 14.8. The number of halogens is 3. The van der Waals surface area contributed by atoms with Crippen molar-refractivity contribution in [1.82, 2.24) is 15.8 Å². The Kier molecular flexibility index (Phi) is 7.51. The summed E-state index contributed by atoms with van der Waals surface area (Å²) in [4.78, 5) is 26.1. The Morgan fingerprint density at radius 3 is 2.81 bits per heavy atom. The lowest BCUT2D eigenvalue weighted by Gasteiger charge is -2.24. The maximum atomic E-state index is 14.8. The van der Waals surface area contributed by atoms with Gasteiger partial charge in [-0.25, -0.2) is 23.4 Å². The predicted octanol–water partition coefficient (Wildman–Crippen LogP) is 0.478. The lowest BCUT2D eigenvalue weighted by atomic mass is 10.2. The van der Waals surface area contributed by atoms with E-state index < -0.39 is 41.9 Å². The molecular formula is C18H22F3N5O4S. The lowest BCUT2D eigenvalue weighted by Crippen LogP contribution is -2.45. The summed E-state index contributed by atoms with van der Waals surface area (Å²) in [6.45, 7) is 0.771. The molecule has 2 saturated heterocycles. The summed E-state index contributed by atoms with van der Waals surface area (Å²) < 4.78 is 44.9. The number of hydrogen-bond acceptors (Lipinski definition) is 7. The molecule has 170 valence electrons. The van der Waals surface area contributed by atoms with Crippen molar-refractivity contribution in [3.8, 4) is 0 Å². The number of ether oxygens (including phenoxy) is 1. The highest BCUT2D eigenvalue weighted by molar-refractivity contribution is 7.80. The molecule has 2 heterocycles. The summed E-state index contributed by atoms with van der Waals surface area (Å²) in [5, 5.41) is 12.6. The third kappa shape index (κ3) is 5.54. The van der Waals surface area contributed by atoms with Crippen LogP contribution in [0.4, 0.5) is 29.3 Å². The van der Waals surface area contributed by atoms with Gasteiger partial charge in [-0.2, -0.15) is 0 Å². The van der Waals surface area contributed by atoms with E-state index in [1.54, 1.807) is 11.0 Å². The normalized spacial score (nSPS) is 19.5. The van der Waals surface area contributed by atoms with E-state index >= 15 is 0 Å². The van der Waals surface area contributed by atoms with Gasteiger partial charge in [0, 0.05) is 19.6 Å². The fraction of sp³-hybridized carbons (Fsp3) is 0.500. The first kappa shape index (κ1) is 23.0. The zero-order chi connectivity index (χ0) is 22.5. The van der Waals surface area contributed by atoms with Gasteiger partial charge in [-0.15, -0.1) is 0 Å². The average molecular weight is 461 g/mol. The molecule has 0 saturated carbocycles. The highest BCUT2D eigenvalue weighted by atomic mass is 32.1. The van der Waals surface area contributed by atoms with E-state index in [1.165, 1.54) is 22.0 Å². The van der Waals surface area contributed by atoms with Crippen LogP contribution in [0, 0.1) is 5.82 Å². The topological polar surface area (TPSA) is 97.4 Å². The van der Waals surface area contributed by atoms with Gasteiger partial charge in [0.2, 0.25) is 0 Å². The van der Waals surface area contributed by atoms with Gasteiger partial charge >= 0.3 is 6.09 Å². The van der Waals surface area contributed by atoms with E-state index in [9.17, 15) is 22.8 Å². The highest BCUT2D eigenvalue weighted by Crippen LogP contribution is 2.28. The molecule has 2 aliphatic heterocycles. The molecule has 0 spiro atoms. The maximum Gasteiger partial charge on any atom is 0.414 e. The zero-order valence-electron chi connectivity index (χ0n) is 16.4. The molecule has 2 fully saturated rings. The molecule has 3 rings (SSSR count). The molecule has 0 aliphatic carbocycles. The van der Waals surface area contributed by atoms with Crippen molar-refractivity contribution < 1.29 is 32.6 Å². The van der Waals surface area contributed by atoms with Crippen LogP contribution in [-0.4, -0.2) is 85.5 Å². The number of aliphatic hydroxyl groups excluding tert-OH is 1. The second-order valence-electron chi connectivity index (χ2n) is 6.90. The second-order valence-corrected chi connectivity index (χ2v) is 7.34. The van der Waals surface area contributed by atoms with Crippen molar-refractivity contribution >= 4 is 40.6 Å². The van der Waals surface area contributed by atoms with E-state index in [2.05, 4.69) is 23.0 Å². The number of nitrogens with zero attached hydrogens (tertiary/aromatic N) is 3. The van der Waals surface area contributed by atoms with Crippen LogP contribution >= 0.6 is 12.2 Å². The lowest BCUT2D eigenvalue weighted by molar-refractivity contribution is -0.136. The molecule has 1 aromatic rings. The largest absolute Gasteiger partial charge is 0.442 e.